The molecule has 0 aromatic rings. The fraction of sp³-hybridized carbons (Fsp3) is 0.933. The molecule has 1 heterocycles. The molecule has 20 heavy (non-hydrogen) atoms. The first-order valence-electron chi connectivity index (χ1n) is 7.50. The molecular formula is C15H28N2O3. The maximum atomic E-state index is 12.6. The van der Waals surface area contributed by atoms with Crippen molar-refractivity contribution in [2.24, 2.45) is 17.1 Å². The van der Waals surface area contributed by atoms with Gasteiger partial charge in [0.1, 0.15) is 11.1 Å². The Hall–Kier alpha value is -0.650. The van der Waals surface area contributed by atoms with Crippen LogP contribution in [0.1, 0.15) is 41.0 Å². The minimum absolute atomic E-state index is 0.0340. The van der Waals surface area contributed by atoms with Crippen molar-refractivity contribution in [2.45, 2.75) is 58.3 Å². The second-order valence-corrected chi connectivity index (χ2v) is 7.26. The molecule has 116 valence electrons. The van der Waals surface area contributed by atoms with E-state index in [9.17, 15) is 9.90 Å². The Morgan fingerprint density at radius 1 is 1.45 bits per heavy atom. The molecule has 3 N–H and O–H groups in total. The second kappa shape index (κ2) is 4.68. The molecule has 0 bridgehead atoms. The Bertz CT molecular complexity index is 402. The average Bonchev–Trinajstić information content (AvgIpc) is 2.33. The van der Waals surface area contributed by atoms with Crippen LogP contribution in [0.2, 0.25) is 0 Å². The number of nitrogens with zero attached hydrogens (tertiary/aromatic N) is 1. The number of hydrogen-bond donors (Lipinski definition) is 2. The molecule has 0 spiro atoms. The van der Waals surface area contributed by atoms with Crippen molar-refractivity contribution in [1.29, 1.82) is 0 Å². The first kappa shape index (κ1) is 15.7. The molecule has 1 aliphatic carbocycles. The number of nitrogens with two attached hydrogens (primary N) is 1. The van der Waals surface area contributed by atoms with Gasteiger partial charge in [-0.25, -0.2) is 0 Å². The highest BCUT2D eigenvalue weighted by Crippen LogP contribution is 2.51. The van der Waals surface area contributed by atoms with E-state index in [0.29, 0.717) is 26.1 Å². The monoisotopic (exact) mass is 284 g/mol. The third-order valence-corrected chi connectivity index (χ3v) is 5.50. The third kappa shape index (κ3) is 1.98. The molecule has 1 amide bonds. The van der Waals surface area contributed by atoms with Gasteiger partial charge in [-0.15, -0.1) is 0 Å². The minimum Gasteiger partial charge on any atom is -0.386 e. The summed E-state index contributed by atoms with van der Waals surface area (Å²) in [5, 5.41) is 10.3. The summed E-state index contributed by atoms with van der Waals surface area (Å²) in [4.78, 5) is 14.3. The van der Waals surface area contributed by atoms with E-state index in [1.54, 1.807) is 4.90 Å². The van der Waals surface area contributed by atoms with Crippen LogP contribution < -0.4 is 5.73 Å². The Morgan fingerprint density at radius 2 is 2.00 bits per heavy atom. The van der Waals surface area contributed by atoms with Gasteiger partial charge >= 0.3 is 0 Å². The Morgan fingerprint density at radius 3 is 2.40 bits per heavy atom. The van der Waals surface area contributed by atoms with Gasteiger partial charge in [-0.2, -0.15) is 0 Å². The molecule has 2 atom stereocenters. The molecule has 1 saturated carbocycles. The Labute approximate surface area is 121 Å². The highest BCUT2D eigenvalue weighted by molar-refractivity contribution is 5.89. The molecule has 2 fully saturated rings. The van der Waals surface area contributed by atoms with E-state index in [-0.39, 0.29) is 23.3 Å². The van der Waals surface area contributed by atoms with E-state index in [4.69, 9.17) is 10.5 Å². The smallest absolute Gasteiger partial charge is 0.243 e. The van der Waals surface area contributed by atoms with E-state index in [1.807, 2.05) is 34.6 Å². The van der Waals surface area contributed by atoms with Crippen molar-refractivity contribution in [2.75, 3.05) is 19.7 Å². The maximum absolute atomic E-state index is 12.6. The largest absolute Gasteiger partial charge is 0.386 e. The van der Waals surface area contributed by atoms with Crippen LogP contribution in [0.25, 0.3) is 0 Å². The summed E-state index contributed by atoms with van der Waals surface area (Å²) in [6.45, 7) is 11.3. The summed E-state index contributed by atoms with van der Waals surface area (Å²) < 4.78 is 5.65. The lowest BCUT2D eigenvalue weighted by Crippen LogP contribution is -2.79. The molecule has 0 radical (unpaired) electrons. The zero-order valence-corrected chi connectivity index (χ0v) is 13.3. The molecule has 1 aliphatic heterocycles. The van der Waals surface area contributed by atoms with Crippen LogP contribution in [0.3, 0.4) is 0 Å². The van der Waals surface area contributed by atoms with Gasteiger partial charge in [0.05, 0.1) is 19.2 Å². The highest BCUT2D eigenvalue weighted by Gasteiger charge is 2.65. The lowest BCUT2D eigenvalue weighted by molar-refractivity contribution is -0.198. The lowest BCUT2D eigenvalue weighted by Gasteiger charge is -2.61. The molecule has 5 nitrogen and oxygen atoms in total. The first-order valence-corrected chi connectivity index (χ1v) is 7.50. The van der Waals surface area contributed by atoms with Gasteiger partial charge < -0.3 is 20.5 Å². The van der Waals surface area contributed by atoms with Crippen molar-refractivity contribution >= 4 is 5.91 Å². The quantitative estimate of drug-likeness (QED) is 0.799. The van der Waals surface area contributed by atoms with E-state index >= 15 is 0 Å². The topological polar surface area (TPSA) is 75.8 Å². The van der Waals surface area contributed by atoms with Crippen LogP contribution >= 0.6 is 0 Å². The normalized spacial score (nSPS) is 34.6. The third-order valence-electron chi connectivity index (χ3n) is 5.50. The summed E-state index contributed by atoms with van der Waals surface area (Å²) >= 11 is 0. The van der Waals surface area contributed by atoms with Gasteiger partial charge in [0, 0.05) is 18.4 Å². The number of likely N-dealkylation sites (tertiary alicyclic amines) is 1. The van der Waals surface area contributed by atoms with Crippen molar-refractivity contribution in [3.8, 4) is 0 Å². The van der Waals surface area contributed by atoms with E-state index in [0.717, 1.165) is 0 Å². The number of amides is 1. The maximum Gasteiger partial charge on any atom is 0.243 e. The summed E-state index contributed by atoms with van der Waals surface area (Å²) in [7, 11) is 0. The van der Waals surface area contributed by atoms with Gasteiger partial charge in [0.2, 0.25) is 5.91 Å². The van der Waals surface area contributed by atoms with Crippen LogP contribution in [0.4, 0.5) is 0 Å². The predicted molar refractivity (Wildman–Crippen MR) is 77.1 cm³/mol. The van der Waals surface area contributed by atoms with Crippen molar-refractivity contribution in [1.82, 2.24) is 4.90 Å². The van der Waals surface area contributed by atoms with E-state index in [1.165, 1.54) is 0 Å². The molecule has 0 aromatic heterocycles. The molecule has 5 heteroatoms. The Kier molecular flexibility index (Phi) is 3.68. The highest BCUT2D eigenvalue weighted by atomic mass is 16.5. The summed E-state index contributed by atoms with van der Waals surface area (Å²) in [6.07, 6.45) is 0.593. The molecule has 0 aromatic carbocycles. The fourth-order valence-electron chi connectivity index (χ4n) is 3.20. The predicted octanol–water partition coefficient (Wildman–Crippen LogP) is 0.748. The summed E-state index contributed by atoms with van der Waals surface area (Å²) in [6, 6.07) is 0. The summed E-state index contributed by atoms with van der Waals surface area (Å²) in [5.41, 5.74) is 4.38. The number of ether oxygens (including phenoxy) is 1. The fourth-order valence-corrected chi connectivity index (χ4v) is 3.20. The molecule has 2 unspecified atom stereocenters. The van der Waals surface area contributed by atoms with Crippen LogP contribution in [0.5, 0.6) is 0 Å². The average molecular weight is 284 g/mol. The number of carbonyl (C=O) groups is 1. The van der Waals surface area contributed by atoms with Gasteiger partial charge in [-0.05, 0) is 12.8 Å². The van der Waals surface area contributed by atoms with Crippen LogP contribution in [0.15, 0.2) is 0 Å². The number of carbonyl (C=O) groups excluding carboxylic acids is 1. The SMILES string of the molecule is CCOC1CC(N)(C(=O)N2CC(O)(C(C)C)C2)C1(C)C. The van der Waals surface area contributed by atoms with Gasteiger partial charge in [-0.1, -0.05) is 27.7 Å². The summed E-state index contributed by atoms with van der Waals surface area (Å²) in [5.74, 6) is 0.0922. The minimum atomic E-state index is -0.870. The van der Waals surface area contributed by atoms with Crippen LogP contribution in [-0.4, -0.2) is 52.9 Å². The second-order valence-electron chi connectivity index (χ2n) is 7.26. The number of rotatable bonds is 4. The number of hydrogen-bond acceptors (Lipinski definition) is 4. The van der Waals surface area contributed by atoms with Crippen molar-refractivity contribution < 1.29 is 14.6 Å². The molecular weight excluding hydrogens is 256 g/mol. The van der Waals surface area contributed by atoms with Crippen molar-refractivity contribution in [3.63, 3.8) is 0 Å². The van der Waals surface area contributed by atoms with Crippen LogP contribution in [0, 0.1) is 11.3 Å². The Balaban J connectivity index is 2.02. The van der Waals surface area contributed by atoms with Crippen molar-refractivity contribution in [3.05, 3.63) is 0 Å². The standard InChI is InChI=1S/C15H28N2O3/c1-6-20-11-7-15(16,13(11,4)5)12(18)17-8-14(19,9-17)10(2)3/h10-11,19H,6-9,16H2,1-5H3. The molecule has 1 saturated heterocycles. The zero-order chi connectivity index (χ0) is 15.3. The van der Waals surface area contributed by atoms with E-state index < -0.39 is 11.1 Å². The number of β-amino-alcohol motifs (C(OH)–C–C–N with tert-alkyl or cyclic N) is 1. The van der Waals surface area contributed by atoms with Crippen LogP contribution in [-0.2, 0) is 9.53 Å². The van der Waals surface area contributed by atoms with Gasteiger partial charge in [0.15, 0.2) is 0 Å². The van der Waals surface area contributed by atoms with E-state index in [2.05, 4.69) is 0 Å². The molecule has 2 rings (SSSR count). The first-order chi connectivity index (χ1) is 9.08. The van der Waals surface area contributed by atoms with Gasteiger partial charge in [-0.3, -0.25) is 4.79 Å². The van der Waals surface area contributed by atoms with Gasteiger partial charge in [0.25, 0.3) is 0 Å². The lowest BCUT2D eigenvalue weighted by atomic mass is 9.53. The molecule has 2 aliphatic rings. The zero-order valence-electron chi connectivity index (χ0n) is 13.3. The number of aliphatic hydroxyl groups is 1.